The Labute approximate surface area is 146 Å². The molecule has 3 rings (SSSR count). The maximum Gasteiger partial charge on any atom is 0.252 e. The van der Waals surface area contributed by atoms with Crippen LogP contribution in [0, 0.1) is 0 Å². The first-order valence-corrected chi connectivity index (χ1v) is 7.99. The predicted octanol–water partition coefficient (Wildman–Crippen LogP) is 2.44. The van der Waals surface area contributed by atoms with E-state index in [2.05, 4.69) is 5.32 Å². The Morgan fingerprint density at radius 1 is 1.04 bits per heavy atom. The van der Waals surface area contributed by atoms with Gasteiger partial charge in [0.2, 0.25) is 5.91 Å². The summed E-state index contributed by atoms with van der Waals surface area (Å²) in [5, 5.41) is 3.12. The van der Waals surface area contributed by atoms with Crippen molar-refractivity contribution in [1.29, 1.82) is 0 Å². The standard InChI is InChI=1S/C19H20N2O4/c1-24-16-9-8-14(10-17(16)25-2)20-15-11-18(22)21(19(15)23)12-13-6-4-3-5-7-13/h3-10,15,20H,11-12H2,1-2H3/t15-/m1/s1. The quantitative estimate of drug-likeness (QED) is 0.818. The molecule has 0 spiro atoms. The molecule has 1 heterocycles. The zero-order chi connectivity index (χ0) is 17.8. The number of benzene rings is 2. The van der Waals surface area contributed by atoms with Gasteiger partial charge < -0.3 is 14.8 Å². The lowest BCUT2D eigenvalue weighted by atomic mass is 10.2. The maximum absolute atomic E-state index is 12.6. The SMILES string of the molecule is COc1ccc(N[C@@H]2CC(=O)N(Cc3ccccc3)C2=O)cc1OC. The molecule has 0 bridgehead atoms. The minimum atomic E-state index is -0.575. The molecule has 0 aliphatic carbocycles. The molecule has 2 amide bonds. The number of carbonyl (C=O) groups is 2. The number of likely N-dealkylation sites (tertiary alicyclic amines) is 1. The molecule has 25 heavy (non-hydrogen) atoms. The van der Waals surface area contributed by atoms with Crippen LogP contribution in [0.1, 0.15) is 12.0 Å². The van der Waals surface area contributed by atoms with Crippen LogP contribution in [-0.2, 0) is 16.1 Å². The van der Waals surface area contributed by atoms with Crippen LogP contribution in [0.2, 0.25) is 0 Å². The molecule has 0 saturated carbocycles. The molecule has 1 aliphatic heterocycles. The van der Waals surface area contributed by atoms with Gasteiger partial charge in [0.1, 0.15) is 6.04 Å². The van der Waals surface area contributed by atoms with Crippen molar-refractivity contribution in [3.8, 4) is 11.5 Å². The number of nitrogens with one attached hydrogen (secondary N) is 1. The number of anilines is 1. The van der Waals surface area contributed by atoms with Crippen molar-refractivity contribution >= 4 is 17.5 Å². The van der Waals surface area contributed by atoms with Gasteiger partial charge >= 0.3 is 0 Å². The Morgan fingerprint density at radius 2 is 1.76 bits per heavy atom. The highest BCUT2D eigenvalue weighted by Crippen LogP contribution is 2.31. The third-order valence-electron chi connectivity index (χ3n) is 4.15. The van der Waals surface area contributed by atoms with E-state index >= 15 is 0 Å². The van der Waals surface area contributed by atoms with Gasteiger partial charge in [-0.25, -0.2) is 0 Å². The van der Waals surface area contributed by atoms with E-state index in [0.717, 1.165) is 5.56 Å². The molecule has 1 fully saturated rings. The molecule has 130 valence electrons. The fraction of sp³-hybridized carbons (Fsp3) is 0.263. The van der Waals surface area contributed by atoms with Crippen molar-refractivity contribution < 1.29 is 19.1 Å². The Morgan fingerprint density at radius 3 is 2.44 bits per heavy atom. The van der Waals surface area contributed by atoms with E-state index in [1.807, 2.05) is 30.3 Å². The van der Waals surface area contributed by atoms with Crippen molar-refractivity contribution in [1.82, 2.24) is 4.90 Å². The monoisotopic (exact) mass is 340 g/mol. The minimum Gasteiger partial charge on any atom is -0.493 e. The Bertz CT molecular complexity index is 776. The third kappa shape index (κ3) is 3.57. The summed E-state index contributed by atoms with van der Waals surface area (Å²) in [6, 6.07) is 14.2. The third-order valence-corrected chi connectivity index (χ3v) is 4.15. The van der Waals surface area contributed by atoms with Crippen LogP contribution in [0.3, 0.4) is 0 Å². The number of hydrogen-bond acceptors (Lipinski definition) is 5. The average molecular weight is 340 g/mol. The molecule has 1 aliphatic rings. The van der Waals surface area contributed by atoms with Crippen LogP contribution in [0.5, 0.6) is 11.5 Å². The lowest BCUT2D eigenvalue weighted by molar-refractivity contribution is -0.139. The van der Waals surface area contributed by atoms with Crippen LogP contribution < -0.4 is 14.8 Å². The lowest BCUT2D eigenvalue weighted by Crippen LogP contribution is -2.34. The van der Waals surface area contributed by atoms with E-state index in [4.69, 9.17) is 9.47 Å². The van der Waals surface area contributed by atoms with E-state index in [0.29, 0.717) is 23.7 Å². The first kappa shape index (κ1) is 16.8. The molecule has 0 aromatic heterocycles. The largest absolute Gasteiger partial charge is 0.493 e. The number of ether oxygens (including phenoxy) is 2. The van der Waals surface area contributed by atoms with Gasteiger partial charge in [-0.2, -0.15) is 0 Å². The van der Waals surface area contributed by atoms with Gasteiger partial charge in [0.25, 0.3) is 5.91 Å². The molecule has 2 aromatic carbocycles. The lowest BCUT2D eigenvalue weighted by Gasteiger charge is -2.17. The second-order valence-electron chi connectivity index (χ2n) is 5.77. The van der Waals surface area contributed by atoms with Gasteiger partial charge in [-0.05, 0) is 17.7 Å². The normalized spacial score (nSPS) is 16.9. The van der Waals surface area contributed by atoms with Crippen LogP contribution in [0.25, 0.3) is 0 Å². The van der Waals surface area contributed by atoms with Crippen molar-refractivity contribution in [2.45, 2.75) is 19.0 Å². The van der Waals surface area contributed by atoms with E-state index in [-0.39, 0.29) is 18.2 Å². The van der Waals surface area contributed by atoms with Crippen molar-refractivity contribution in [2.75, 3.05) is 19.5 Å². The number of imide groups is 1. The van der Waals surface area contributed by atoms with Crippen molar-refractivity contribution in [3.63, 3.8) is 0 Å². The van der Waals surface area contributed by atoms with E-state index in [9.17, 15) is 9.59 Å². The summed E-state index contributed by atoms with van der Waals surface area (Å²) >= 11 is 0. The van der Waals surface area contributed by atoms with Crippen molar-refractivity contribution in [2.24, 2.45) is 0 Å². The second-order valence-corrected chi connectivity index (χ2v) is 5.77. The molecular formula is C19H20N2O4. The molecule has 0 radical (unpaired) electrons. The smallest absolute Gasteiger partial charge is 0.252 e. The summed E-state index contributed by atoms with van der Waals surface area (Å²) in [5.74, 6) is 0.772. The molecule has 0 unspecified atom stereocenters. The fourth-order valence-corrected chi connectivity index (χ4v) is 2.86. The zero-order valence-electron chi connectivity index (χ0n) is 14.2. The fourth-order valence-electron chi connectivity index (χ4n) is 2.86. The summed E-state index contributed by atoms with van der Waals surface area (Å²) in [7, 11) is 3.11. The topological polar surface area (TPSA) is 67.9 Å². The van der Waals surface area contributed by atoms with Gasteiger partial charge in [-0.3, -0.25) is 14.5 Å². The van der Waals surface area contributed by atoms with Gasteiger partial charge in [0.15, 0.2) is 11.5 Å². The van der Waals surface area contributed by atoms with Crippen LogP contribution >= 0.6 is 0 Å². The molecule has 6 heteroatoms. The molecule has 6 nitrogen and oxygen atoms in total. The highest BCUT2D eigenvalue weighted by Gasteiger charge is 2.38. The van der Waals surface area contributed by atoms with E-state index < -0.39 is 6.04 Å². The number of carbonyl (C=O) groups excluding carboxylic acids is 2. The van der Waals surface area contributed by atoms with Crippen LogP contribution in [0.15, 0.2) is 48.5 Å². The highest BCUT2D eigenvalue weighted by molar-refractivity contribution is 6.06. The summed E-state index contributed by atoms with van der Waals surface area (Å²) in [5.41, 5.74) is 1.63. The molecular weight excluding hydrogens is 320 g/mol. The summed E-state index contributed by atoms with van der Waals surface area (Å²) in [6.45, 7) is 0.294. The summed E-state index contributed by atoms with van der Waals surface area (Å²) in [4.78, 5) is 26.1. The Balaban J connectivity index is 1.72. The van der Waals surface area contributed by atoms with Crippen molar-refractivity contribution in [3.05, 3.63) is 54.1 Å². The first-order chi connectivity index (χ1) is 12.1. The zero-order valence-corrected chi connectivity index (χ0v) is 14.2. The number of nitrogens with zero attached hydrogens (tertiary/aromatic N) is 1. The van der Waals surface area contributed by atoms with Gasteiger partial charge in [0.05, 0.1) is 27.2 Å². The average Bonchev–Trinajstić information content (AvgIpc) is 2.90. The van der Waals surface area contributed by atoms with E-state index in [1.54, 1.807) is 32.4 Å². The molecule has 2 aromatic rings. The van der Waals surface area contributed by atoms with Gasteiger partial charge in [-0.1, -0.05) is 30.3 Å². The molecule has 1 N–H and O–H groups in total. The predicted molar refractivity (Wildman–Crippen MR) is 93.6 cm³/mol. The molecule has 1 atom stereocenters. The summed E-state index contributed by atoms with van der Waals surface area (Å²) < 4.78 is 10.5. The van der Waals surface area contributed by atoms with E-state index in [1.165, 1.54) is 4.90 Å². The maximum atomic E-state index is 12.6. The number of rotatable bonds is 6. The number of methoxy groups -OCH3 is 2. The van der Waals surface area contributed by atoms with Gasteiger partial charge in [0, 0.05) is 11.8 Å². The van der Waals surface area contributed by atoms with Crippen LogP contribution in [-0.4, -0.2) is 37.0 Å². The Kier molecular flexibility index (Phi) is 4.88. The minimum absolute atomic E-state index is 0.139. The second kappa shape index (κ2) is 7.25. The van der Waals surface area contributed by atoms with Gasteiger partial charge in [-0.15, -0.1) is 0 Å². The summed E-state index contributed by atoms with van der Waals surface area (Å²) in [6.07, 6.45) is 0.139. The Hall–Kier alpha value is -3.02. The first-order valence-electron chi connectivity index (χ1n) is 7.99. The number of amides is 2. The molecule has 1 saturated heterocycles. The highest BCUT2D eigenvalue weighted by atomic mass is 16.5. The number of hydrogen-bond donors (Lipinski definition) is 1. The van der Waals surface area contributed by atoms with Crippen LogP contribution in [0.4, 0.5) is 5.69 Å².